The van der Waals surface area contributed by atoms with E-state index >= 15 is 0 Å². The third kappa shape index (κ3) is 5.53. The summed E-state index contributed by atoms with van der Waals surface area (Å²) in [6.45, 7) is 9.90. The fraction of sp³-hybridized carbons (Fsp3) is 0.630. The lowest BCUT2D eigenvalue weighted by atomic mass is 10.1. The first-order valence-corrected chi connectivity index (χ1v) is 12.8. The largest absolute Gasteiger partial charge is 0.352 e. The van der Waals surface area contributed by atoms with Crippen LogP contribution in [-0.4, -0.2) is 14.1 Å². The van der Waals surface area contributed by atoms with E-state index in [0.717, 1.165) is 35.0 Å². The molecule has 1 aromatic carbocycles. The van der Waals surface area contributed by atoms with E-state index in [1.54, 1.807) is 0 Å². The maximum Gasteiger partial charge on any atom is 0.352 e. The molecule has 2 aliphatic heterocycles. The zero-order valence-corrected chi connectivity index (χ0v) is 21.2. The Bertz CT molecular complexity index is 1180. The Kier molecular flexibility index (Phi) is 8.81. The fourth-order valence-electron chi connectivity index (χ4n) is 4.75. The molecule has 0 aromatic heterocycles. The van der Waals surface area contributed by atoms with Crippen LogP contribution in [0.2, 0.25) is 0 Å². The van der Waals surface area contributed by atoms with Gasteiger partial charge in [-0.25, -0.2) is 4.79 Å². The Balaban J connectivity index is 1.86. The Morgan fingerprint density at radius 3 is 2.03 bits per heavy atom. The van der Waals surface area contributed by atoms with Crippen LogP contribution in [0.5, 0.6) is 0 Å². The molecule has 0 aliphatic carbocycles. The second-order valence-electron chi connectivity index (χ2n) is 9.43. The van der Waals surface area contributed by atoms with Crippen LogP contribution in [0.4, 0.5) is 0 Å². The third-order valence-corrected chi connectivity index (χ3v) is 6.96. The normalized spacial score (nSPS) is 11.7. The number of rotatable bonds is 12. The van der Waals surface area contributed by atoms with Crippen LogP contribution in [0.15, 0.2) is 21.7 Å². The minimum atomic E-state index is -0.491. The highest BCUT2D eigenvalue weighted by atomic mass is 16.2. The van der Waals surface area contributed by atoms with Crippen molar-refractivity contribution in [1.82, 2.24) is 14.1 Å². The molecule has 6 nitrogen and oxygen atoms in total. The maximum absolute atomic E-state index is 13.1. The van der Waals surface area contributed by atoms with E-state index in [2.05, 4.69) is 42.5 Å². The zero-order chi connectivity index (χ0) is 24.0. The Labute approximate surface area is 197 Å². The average Bonchev–Trinajstić information content (AvgIpc) is 2.80. The first kappa shape index (κ1) is 25.1. The summed E-state index contributed by atoms with van der Waals surface area (Å²) in [7, 11) is 1.51. The van der Waals surface area contributed by atoms with Gasteiger partial charge in [-0.05, 0) is 44.4 Å². The predicted octanol–water partition coefficient (Wildman–Crippen LogP) is 5.05. The summed E-state index contributed by atoms with van der Waals surface area (Å²) in [5.74, 6) is 0.511. The second-order valence-corrected chi connectivity index (χ2v) is 9.43. The monoisotopic (exact) mass is 453 g/mol. The molecule has 2 heterocycles. The van der Waals surface area contributed by atoms with E-state index in [9.17, 15) is 9.59 Å². The average molecular weight is 454 g/mol. The van der Waals surface area contributed by atoms with Crippen molar-refractivity contribution in [2.75, 3.05) is 0 Å². The number of fused-ring (bicyclic) bond motifs is 2. The van der Waals surface area contributed by atoms with E-state index < -0.39 is 5.69 Å². The Hall–Kier alpha value is -2.50. The van der Waals surface area contributed by atoms with Gasteiger partial charge >= 0.3 is 16.9 Å². The first-order valence-electron chi connectivity index (χ1n) is 12.8. The molecule has 0 amide bonds. The second kappa shape index (κ2) is 11.6. The van der Waals surface area contributed by atoms with Gasteiger partial charge in [0.05, 0.1) is 0 Å². The number of unbranched alkanes of at least 4 members (excludes halogenated alkanes) is 9. The van der Waals surface area contributed by atoms with Gasteiger partial charge in [0.15, 0.2) is 0 Å². The van der Waals surface area contributed by atoms with Crippen molar-refractivity contribution in [3.05, 3.63) is 44.1 Å². The SMILES string of the molecule is CCCCCCCCCCCCn1c2nc(=O)n(C)c(=O)c-2[n+](CC)c2cc(C)c(C)cc21. The van der Waals surface area contributed by atoms with E-state index in [0.29, 0.717) is 18.1 Å². The lowest BCUT2D eigenvalue weighted by molar-refractivity contribution is -0.658. The molecule has 33 heavy (non-hydrogen) atoms. The molecule has 0 N–H and O–H groups in total. The quantitative estimate of drug-likeness (QED) is 0.219. The van der Waals surface area contributed by atoms with Crippen LogP contribution in [-0.2, 0) is 20.1 Å². The number of aromatic nitrogens is 4. The summed E-state index contributed by atoms with van der Waals surface area (Å²) in [5, 5.41) is 0. The Morgan fingerprint density at radius 2 is 1.42 bits per heavy atom. The predicted molar refractivity (Wildman–Crippen MR) is 135 cm³/mol. The van der Waals surface area contributed by atoms with Crippen molar-refractivity contribution >= 4 is 11.0 Å². The number of aryl methyl sites for hydroxylation is 4. The van der Waals surface area contributed by atoms with Crippen molar-refractivity contribution in [1.29, 1.82) is 0 Å². The van der Waals surface area contributed by atoms with Gasteiger partial charge in [-0.3, -0.25) is 9.36 Å². The minimum Gasteiger partial charge on any atom is -0.315 e. The van der Waals surface area contributed by atoms with Crippen molar-refractivity contribution in [2.24, 2.45) is 7.05 Å². The van der Waals surface area contributed by atoms with Crippen LogP contribution in [0.25, 0.3) is 22.6 Å². The molecule has 0 atom stereocenters. The summed E-state index contributed by atoms with van der Waals surface area (Å²) in [5.41, 5.74) is 4.22. The molecule has 3 rings (SSSR count). The van der Waals surface area contributed by atoms with Gasteiger partial charge in [0.2, 0.25) is 11.3 Å². The number of hydrogen-bond acceptors (Lipinski definition) is 3. The van der Waals surface area contributed by atoms with Crippen LogP contribution in [0.3, 0.4) is 0 Å². The molecule has 0 saturated heterocycles. The zero-order valence-electron chi connectivity index (χ0n) is 21.2. The molecule has 1 aromatic rings. The van der Waals surface area contributed by atoms with E-state index in [1.807, 2.05) is 11.5 Å². The molecule has 0 fully saturated rings. The molecular weight excluding hydrogens is 412 g/mol. The van der Waals surface area contributed by atoms with Gasteiger partial charge in [-0.15, -0.1) is 0 Å². The first-order chi connectivity index (χ1) is 15.9. The van der Waals surface area contributed by atoms with Crippen LogP contribution < -0.4 is 15.8 Å². The van der Waals surface area contributed by atoms with Crippen LogP contribution in [0.1, 0.15) is 89.2 Å². The summed E-state index contributed by atoms with van der Waals surface area (Å²) < 4.78 is 5.24. The molecule has 0 unspecified atom stereocenters. The highest BCUT2D eigenvalue weighted by molar-refractivity contribution is 5.77. The smallest absolute Gasteiger partial charge is 0.315 e. The van der Waals surface area contributed by atoms with Crippen molar-refractivity contribution < 1.29 is 4.57 Å². The van der Waals surface area contributed by atoms with Crippen molar-refractivity contribution in [3.63, 3.8) is 0 Å². The van der Waals surface area contributed by atoms with Gasteiger partial charge in [0.25, 0.3) is 0 Å². The molecule has 0 radical (unpaired) electrons. The highest BCUT2D eigenvalue weighted by Gasteiger charge is 2.30. The molecule has 2 aliphatic rings. The summed E-state index contributed by atoms with van der Waals surface area (Å²) in [6.07, 6.45) is 12.7. The van der Waals surface area contributed by atoms with Gasteiger partial charge in [-0.1, -0.05) is 64.7 Å². The van der Waals surface area contributed by atoms with E-state index in [4.69, 9.17) is 0 Å². The molecule has 0 spiro atoms. The van der Waals surface area contributed by atoms with Gasteiger partial charge in [0.1, 0.15) is 12.1 Å². The van der Waals surface area contributed by atoms with Crippen LogP contribution in [0, 0.1) is 13.8 Å². The molecule has 0 bridgehead atoms. The standard InChI is InChI=1S/C27H41N4O2/c1-6-8-9-10-11-12-13-14-15-16-17-31-23-19-21(4)20(3)18-22(23)30(7-2)24-25(31)28-27(33)29(5)26(24)32/h18-19H,6-17H2,1-5H3/q+1. The number of hydrogen-bond donors (Lipinski definition) is 0. The van der Waals surface area contributed by atoms with Crippen molar-refractivity contribution in [3.8, 4) is 11.5 Å². The molecule has 180 valence electrons. The summed E-state index contributed by atoms with van der Waals surface area (Å²) in [6, 6.07) is 4.34. The maximum atomic E-state index is 13.1. The van der Waals surface area contributed by atoms with Gasteiger partial charge < -0.3 is 4.57 Å². The summed E-state index contributed by atoms with van der Waals surface area (Å²) in [4.78, 5) is 29.9. The number of nitrogens with zero attached hydrogens (tertiary/aromatic N) is 4. The third-order valence-electron chi connectivity index (χ3n) is 6.96. The molecule has 0 saturated carbocycles. The fourth-order valence-corrected chi connectivity index (χ4v) is 4.75. The van der Waals surface area contributed by atoms with Gasteiger partial charge in [0, 0.05) is 19.7 Å². The van der Waals surface area contributed by atoms with Gasteiger partial charge in [-0.2, -0.15) is 9.55 Å². The molecular formula is C27H41N4O2+. The lowest BCUT2D eigenvalue weighted by Crippen LogP contribution is -2.48. The lowest BCUT2D eigenvalue weighted by Gasteiger charge is -2.18. The van der Waals surface area contributed by atoms with Crippen molar-refractivity contribution in [2.45, 2.75) is 105 Å². The minimum absolute atomic E-state index is 0.274. The highest BCUT2D eigenvalue weighted by Crippen LogP contribution is 2.24. The molecule has 6 heteroatoms. The van der Waals surface area contributed by atoms with E-state index in [1.165, 1.54) is 69.5 Å². The number of benzene rings is 1. The van der Waals surface area contributed by atoms with E-state index in [-0.39, 0.29) is 5.56 Å². The van der Waals surface area contributed by atoms with Crippen LogP contribution >= 0.6 is 0 Å². The Morgan fingerprint density at radius 1 is 0.848 bits per heavy atom. The summed E-state index contributed by atoms with van der Waals surface area (Å²) >= 11 is 0. The topological polar surface area (TPSA) is 60.8 Å².